The van der Waals surface area contributed by atoms with E-state index in [1.165, 1.54) is 61.8 Å². The smallest absolute Gasteiger partial charge is 0.0832 e. The number of aryl methyl sites for hydroxylation is 1. The van der Waals surface area contributed by atoms with E-state index in [9.17, 15) is 0 Å². The van der Waals surface area contributed by atoms with Crippen molar-refractivity contribution in [2.45, 2.75) is 32.0 Å². The number of ether oxygens (including phenoxy) is 1. The third-order valence-corrected chi connectivity index (χ3v) is 6.63. The van der Waals surface area contributed by atoms with Crippen molar-refractivity contribution in [2.24, 2.45) is 0 Å². The van der Waals surface area contributed by atoms with Crippen LogP contribution in [0.15, 0.2) is 91.0 Å². The van der Waals surface area contributed by atoms with Crippen LogP contribution in [0.25, 0.3) is 32.3 Å². The van der Waals surface area contributed by atoms with Crippen molar-refractivity contribution in [3.8, 4) is 0 Å². The third-order valence-electron chi connectivity index (χ3n) is 6.63. The van der Waals surface area contributed by atoms with E-state index in [0.717, 1.165) is 6.42 Å². The second-order valence-corrected chi connectivity index (χ2v) is 8.35. The Hall–Kier alpha value is -3.16. The molecule has 5 aromatic rings. The molecule has 0 spiro atoms. The first-order valence-corrected chi connectivity index (χ1v) is 10.9. The fourth-order valence-electron chi connectivity index (χ4n) is 5.12. The largest absolute Gasteiger partial charge is 0.369 e. The Balaban J connectivity index is 1.39. The Kier molecular flexibility index (Phi) is 4.28. The summed E-state index contributed by atoms with van der Waals surface area (Å²) in [5.74, 6) is 0. The molecule has 6 rings (SSSR count). The molecule has 0 aliphatic heterocycles. The highest BCUT2D eigenvalue weighted by Gasteiger charge is 2.20. The molecular weight excluding hydrogens is 364 g/mol. The molecule has 0 bridgehead atoms. The van der Waals surface area contributed by atoms with Gasteiger partial charge in [0, 0.05) is 0 Å². The van der Waals surface area contributed by atoms with Crippen LogP contribution >= 0.6 is 0 Å². The van der Waals surface area contributed by atoms with Crippen molar-refractivity contribution in [3.63, 3.8) is 0 Å². The Morgan fingerprint density at radius 2 is 1.37 bits per heavy atom. The number of fused-ring (bicyclic) bond motifs is 6. The lowest BCUT2D eigenvalue weighted by molar-refractivity contribution is 0.0289. The van der Waals surface area contributed by atoms with Crippen molar-refractivity contribution in [1.82, 2.24) is 0 Å². The molecule has 146 valence electrons. The number of hydrogen-bond donors (Lipinski definition) is 0. The van der Waals surface area contributed by atoms with Gasteiger partial charge in [0.05, 0.1) is 12.7 Å². The summed E-state index contributed by atoms with van der Waals surface area (Å²) in [7, 11) is 0. The summed E-state index contributed by atoms with van der Waals surface area (Å²) in [4.78, 5) is 0. The molecule has 0 radical (unpaired) electrons. The Labute approximate surface area is 176 Å². The van der Waals surface area contributed by atoms with Gasteiger partial charge in [-0.3, -0.25) is 0 Å². The average Bonchev–Trinajstić information content (AvgIpc) is 2.82. The van der Waals surface area contributed by atoms with Crippen LogP contribution in [0.2, 0.25) is 0 Å². The minimum atomic E-state index is 0.203. The fourth-order valence-corrected chi connectivity index (χ4v) is 5.12. The maximum atomic E-state index is 6.49. The molecule has 1 atom stereocenters. The number of hydrogen-bond acceptors (Lipinski definition) is 1. The minimum absolute atomic E-state index is 0.203. The monoisotopic (exact) mass is 388 g/mol. The normalized spacial score (nSPS) is 16.2. The number of benzene rings is 5. The summed E-state index contributed by atoms with van der Waals surface area (Å²) in [6.07, 6.45) is 3.69. The maximum Gasteiger partial charge on any atom is 0.0832 e. The van der Waals surface area contributed by atoms with E-state index in [1.54, 1.807) is 0 Å². The molecule has 0 saturated heterocycles. The molecule has 5 aromatic carbocycles. The highest BCUT2D eigenvalue weighted by atomic mass is 16.5. The molecule has 0 N–H and O–H groups in total. The van der Waals surface area contributed by atoms with E-state index >= 15 is 0 Å². The Morgan fingerprint density at radius 3 is 2.37 bits per heavy atom. The summed E-state index contributed by atoms with van der Waals surface area (Å²) < 4.78 is 6.49. The molecule has 30 heavy (non-hydrogen) atoms. The van der Waals surface area contributed by atoms with E-state index in [2.05, 4.69) is 91.0 Å². The molecule has 0 saturated carbocycles. The molecular formula is C29H24O. The Bertz CT molecular complexity index is 1380. The first-order chi connectivity index (χ1) is 14.9. The van der Waals surface area contributed by atoms with Gasteiger partial charge in [-0.1, -0.05) is 91.0 Å². The van der Waals surface area contributed by atoms with Crippen LogP contribution in [-0.4, -0.2) is 0 Å². The zero-order valence-electron chi connectivity index (χ0n) is 17.0. The average molecular weight is 389 g/mol. The fraction of sp³-hybridized carbons (Fsp3) is 0.172. The second-order valence-electron chi connectivity index (χ2n) is 8.35. The summed E-state index contributed by atoms with van der Waals surface area (Å²) in [6, 6.07) is 33.1. The topological polar surface area (TPSA) is 9.23 Å². The first-order valence-electron chi connectivity index (χ1n) is 10.9. The van der Waals surface area contributed by atoms with Crippen LogP contribution in [-0.2, 0) is 17.8 Å². The van der Waals surface area contributed by atoms with Crippen molar-refractivity contribution in [2.75, 3.05) is 0 Å². The summed E-state index contributed by atoms with van der Waals surface area (Å²) in [5, 5.41) is 7.85. The molecule has 0 fully saturated rings. The standard InChI is InChI=1S/C29H24O/c1-3-11-23-21(8-1)15-16-28-26-13-5-10-22(24(26)17-18-27(23)28)19-30-29-14-6-9-20-7-2-4-12-25(20)29/h1-5,7-8,10-13,15-18,29H,6,9,14,19H2. The predicted molar refractivity (Wildman–Crippen MR) is 126 cm³/mol. The zero-order chi connectivity index (χ0) is 19.9. The van der Waals surface area contributed by atoms with Crippen molar-refractivity contribution < 1.29 is 4.74 Å². The maximum absolute atomic E-state index is 6.49. The van der Waals surface area contributed by atoms with Crippen LogP contribution < -0.4 is 0 Å². The van der Waals surface area contributed by atoms with Gasteiger partial charge in [-0.25, -0.2) is 0 Å². The van der Waals surface area contributed by atoms with Crippen molar-refractivity contribution in [1.29, 1.82) is 0 Å². The SMILES string of the molecule is c1ccc2c(c1)CCCC2OCc1cccc2c1ccc1c3ccccc3ccc21. The molecule has 1 heteroatoms. The predicted octanol–water partition coefficient (Wildman–Crippen LogP) is 7.74. The molecule has 1 aliphatic rings. The van der Waals surface area contributed by atoms with E-state index < -0.39 is 0 Å². The quantitative estimate of drug-likeness (QED) is 0.287. The lowest BCUT2D eigenvalue weighted by atomic mass is 9.89. The summed E-state index contributed by atoms with van der Waals surface area (Å²) in [5.41, 5.74) is 4.09. The third kappa shape index (κ3) is 2.89. The van der Waals surface area contributed by atoms with Gasteiger partial charge in [-0.2, -0.15) is 0 Å². The van der Waals surface area contributed by atoms with Gasteiger partial charge in [0.1, 0.15) is 0 Å². The van der Waals surface area contributed by atoms with Gasteiger partial charge in [0.15, 0.2) is 0 Å². The highest BCUT2D eigenvalue weighted by Crippen LogP contribution is 2.35. The molecule has 0 aromatic heterocycles. The summed E-state index contributed by atoms with van der Waals surface area (Å²) in [6.45, 7) is 0.648. The van der Waals surface area contributed by atoms with Crippen LogP contribution in [0.1, 0.15) is 35.6 Å². The van der Waals surface area contributed by atoms with Crippen LogP contribution in [0.4, 0.5) is 0 Å². The van der Waals surface area contributed by atoms with E-state index in [-0.39, 0.29) is 6.10 Å². The highest BCUT2D eigenvalue weighted by molar-refractivity contribution is 6.17. The van der Waals surface area contributed by atoms with Gasteiger partial charge in [-0.05, 0) is 68.3 Å². The zero-order valence-corrected chi connectivity index (χ0v) is 17.0. The van der Waals surface area contributed by atoms with Crippen LogP contribution in [0.5, 0.6) is 0 Å². The summed E-state index contributed by atoms with van der Waals surface area (Å²) >= 11 is 0. The number of rotatable bonds is 3. The first kappa shape index (κ1) is 17.7. The molecule has 1 aliphatic carbocycles. The van der Waals surface area contributed by atoms with E-state index in [1.807, 2.05) is 0 Å². The van der Waals surface area contributed by atoms with E-state index in [4.69, 9.17) is 4.74 Å². The van der Waals surface area contributed by atoms with Crippen molar-refractivity contribution in [3.05, 3.63) is 108 Å². The molecule has 0 amide bonds. The lowest BCUT2D eigenvalue weighted by Gasteiger charge is -2.26. The Morgan fingerprint density at radius 1 is 0.633 bits per heavy atom. The van der Waals surface area contributed by atoms with Crippen molar-refractivity contribution >= 4 is 32.3 Å². The molecule has 1 unspecified atom stereocenters. The van der Waals surface area contributed by atoms with E-state index in [0.29, 0.717) is 6.61 Å². The van der Waals surface area contributed by atoms with Gasteiger partial charge in [0.25, 0.3) is 0 Å². The van der Waals surface area contributed by atoms with Crippen LogP contribution in [0, 0.1) is 0 Å². The molecule has 0 heterocycles. The lowest BCUT2D eigenvalue weighted by Crippen LogP contribution is -2.12. The molecule has 1 nitrogen and oxygen atoms in total. The van der Waals surface area contributed by atoms with Gasteiger partial charge in [0.2, 0.25) is 0 Å². The van der Waals surface area contributed by atoms with Gasteiger partial charge >= 0.3 is 0 Å². The minimum Gasteiger partial charge on any atom is -0.369 e. The van der Waals surface area contributed by atoms with Gasteiger partial charge in [-0.15, -0.1) is 0 Å². The van der Waals surface area contributed by atoms with Crippen LogP contribution in [0.3, 0.4) is 0 Å². The van der Waals surface area contributed by atoms with Gasteiger partial charge < -0.3 is 4.74 Å². The second kappa shape index (κ2) is 7.27.